The van der Waals surface area contributed by atoms with Crippen molar-refractivity contribution in [2.75, 3.05) is 24.4 Å². The summed E-state index contributed by atoms with van der Waals surface area (Å²) in [6, 6.07) is 7.69. The molecule has 0 N–H and O–H groups in total. The molecule has 0 aliphatic rings. The molecule has 0 atom stereocenters. The second kappa shape index (κ2) is 24.4. The molecule has 0 fully saturated rings. The van der Waals surface area contributed by atoms with Crippen LogP contribution >= 0.6 is 0 Å². The average Bonchev–Trinajstić information content (AvgIpc) is 2.90. The van der Waals surface area contributed by atoms with E-state index in [4.69, 9.17) is 4.74 Å². The molecule has 0 aliphatic heterocycles. The predicted molar refractivity (Wildman–Crippen MR) is 163 cm³/mol. The molecule has 208 valence electrons. The Morgan fingerprint density at radius 2 is 0.944 bits per heavy atom. The normalized spacial score (nSPS) is 11.3. The maximum absolute atomic E-state index is 13.0. The van der Waals surface area contributed by atoms with Gasteiger partial charge in [-0.05, 0) is 60.8 Å². The molecule has 0 spiro atoms. The fourth-order valence-electron chi connectivity index (χ4n) is 4.88. The van der Waals surface area contributed by atoms with Crippen LogP contribution in [0, 0.1) is 0 Å². The maximum Gasteiger partial charge on any atom is 0.211 e. The van der Waals surface area contributed by atoms with Crippen LogP contribution in [0.2, 0.25) is 0 Å². The first kappa shape index (κ1) is 33.1. The summed E-state index contributed by atoms with van der Waals surface area (Å²) in [5.41, 5.74) is 0.847. The number of unbranched alkanes of at least 4 members (excludes halogenated alkanes) is 18. The van der Waals surface area contributed by atoms with Gasteiger partial charge in [0, 0.05) is 5.56 Å². The quantitative estimate of drug-likeness (QED) is 0.0691. The summed E-state index contributed by atoms with van der Waals surface area (Å²) in [5, 5.41) is 0. The number of rotatable bonds is 26. The van der Waals surface area contributed by atoms with Crippen LogP contribution in [-0.2, 0) is 10.9 Å². The van der Waals surface area contributed by atoms with Gasteiger partial charge in [0.1, 0.15) is 17.3 Å². The molecule has 0 heterocycles. The zero-order chi connectivity index (χ0) is 26.1. The third-order valence-corrected chi connectivity index (χ3v) is 9.72. The number of ketones is 1. The third kappa shape index (κ3) is 18.3. The predicted octanol–water partition coefficient (Wildman–Crippen LogP) is 10.3. The minimum absolute atomic E-state index is 0.232. The first-order valence-electron chi connectivity index (χ1n) is 15.5. The molecule has 0 unspecified atom stereocenters. The van der Waals surface area contributed by atoms with Gasteiger partial charge in [-0.15, -0.1) is 0 Å². The second-order valence-corrected chi connectivity index (χ2v) is 13.0. The van der Waals surface area contributed by atoms with Crippen molar-refractivity contribution in [1.82, 2.24) is 0 Å². The van der Waals surface area contributed by atoms with E-state index in [1.54, 1.807) is 7.11 Å². The number of benzene rings is 1. The number of ether oxygens (including phenoxy) is 1. The summed E-state index contributed by atoms with van der Waals surface area (Å²) in [6.45, 7) is 4.57. The Hall–Kier alpha value is -0.960. The number of Topliss-reactive ketones (excluding diaryl/α,β-unsaturated/α-hetero) is 1. The van der Waals surface area contributed by atoms with E-state index in [-0.39, 0.29) is 10.9 Å². The van der Waals surface area contributed by atoms with Gasteiger partial charge in [-0.1, -0.05) is 117 Å². The van der Waals surface area contributed by atoms with E-state index in [0.717, 1.165) is 17.1 Å². The van der Waals surface area contributed by atoms with Gasteiger partial charge in [0.05, 0.1) is 7.11 Å². The lowest BCUT2D eigenvalue weighted by molar-refractivity contribution is 0.102. The zero-order valence-corrected chi connectivity index (χ0v) is 25.1. The second-order valence-electron chi connectivity index (χ2n) is 10.7. The molecule has 0 bridgehead atoms. The monoisotopic (exact) mass is 519 g/mol. The number of carbonyl (C=O) groups excluding carboxylic acids is 1. The molecule has 0 saturated heterocycles. The van der Waals surface area contributed by atoms with Crippen molar-refractivity contribution < 1.29 is 9.53 Å². The van der Waals surface area contributed by atoms with Crippen molar-refractivity contribution in [3.05, 3.63) is 29.8 Å². The van der Waals surface area contributed by atoms with Crippen molar-refractivity contribution in [2.24, 2.45) is 0 Å². The Bertz CT molecular complexity index is 589. The van der Waals surface area contributed by atoms with Crippen LogP contribution in [0.15, 0.2) is 24.3 Å². The summed E-state index contributed by atoms with van der Waals surface area (Å²) in [7, 11) is 1.91. The summed E-state index contributed by atoms with van der Waals surface area (Å²) < 4.78 is 5.26. The molecule has 0 radical (unpaired) electrons. The molecule has 1 aromatic rings. The van der Waals surface area contributed by atoms with Gasteiger partial charge in [0.15, 0.2) is 5.75 Å². The first-order valence-corrected chi connectivity index (χ1v) is 17.3. The highest BCUT2D eigenvalue weighted by Gasteiger charge is 2.23. The van der Waals surface area contributed by atoms with E-state index in [1.165, 1.54) is 140 Å². The largest absolute Gasteiger partial charge is 0.497 e. The van der Waals surface area contributed by atoms with Gasteiger partial charge in [0.25, 0.3) is 0 Å². The van der Waals surface area contributed by atoms with Crippen molar-refractivity contribution >= 4 is 16.7 Å². The molecule has 36 heavy (non-hydrogen) atoms. The summed E-state index contributed by atoms with van der Waals surface area (Å²) >= 11 is 0. The first-order chi connectivity index (χ1) is 17.7. The SMILES string of the molecule is CCCCCCCCCCCC[S+](CCCCCCCCCCCC)CC(=O)c1ccc(OC)cc1. The fraction of sp³-hybridized carbons (Fsp3) is 0.788. The van der Waals surface area contributed by atoms with Crippen LogP contribution in [0.5, 0.6) is 5.75 Å². The summed E-state index contributed by atoms with van der Waals surface area (Å²) in [6.07, 6.45) is 27.6. The minimum atomic E-state index is 0.232. The van der Waals surface area contributed by atoms with Gasteiger partial charge in [-0.3, -0.25) is 4.79 Å². The lowest BCUT2D eigenvalue weighted by Gasteiger charge is -2.10. The molecule has 2 nitrogen and oxygen atoms in total. The highest BCUT2D eigenvalue weighted by Crippen LogP contribution is 2.17. The van der Waals surface area contributed by atoms with Crippen molar-refractivity contribution in [2.45, 2.75) is 142 Å². The van der Waals surface area contributed by atoms with Crippen LogP contribution in [-0.4, -0.2) is 30.2 Å². The van der Waals surface area contributed by atoms with Gasteiger partial charge >= 0.3 is 0 Å². The van der Waals surface area contributed by atoms with Gasteiger partial charge in [-0.25, -0.2) is 0 Å². The van der Waals surface area contributed by atoms with Crippen LogP contribution in [0.1, 0.15) is 153 Å². The van der Waals surface area contributed by atoms with E-state index in [0.29, 0.717) is 5.78 Å². The smallest absolute Gasteiger partial charge is 0.211 e. The fourth-order valence-corrected chi connectivity index (χ4v) is 7.13. The van der Waals surface area contributed by atoms with E-state index in [2.05, 4.69) is 13.8 Å². The molecule has 0 amide bonds. The lowest BCUT2D eigenvalue weighted by Crippen LogP contribution is -2.23. The van der Waals surface area contributed by atoms with Crippen LogP contribution in [0.25, 0.3) is 0 Å². The topological polar surface area (TPSA) is 26.3 Å². The average molecular weight is 520 g/mol. The standard InChI is InChI=1S/C33H59O2S/c1-4-6-8-10-12-14-16-18-20-22-28-36(29-23-21-19-17-15-13-11-9-7-5-2)30-33(34)31-24-26-32(35-3)27-25-31/h24-27H,4-23,28-30H2,1-3H3/q+1. The molecule has 0 saturated carbocycles. The van der Waals surface area contributed by atoms with Gasteiger partial charge in [0.2, 0.25) is 5.78 Å². The Morgan fingerprint density at radius 3 is 1.31 bits per heavy atom. The highest BCUT2D eigenvalue weighted by molar-refractivity contribution is 7.97. The van der Waals surface area contributed by atoms with Gasteiger partial charge in [-0.2, -0.15) is 0 Å². The molecule has 0 aromatic heterocycles. The number of methoxy groups -OCH3 is 1. The van der Waals surface area contributed by atoms with E-state index >= 15 is 0 Å². The highest BCUT2D eigenvalue weighted by atomic mass is 32.2. The lowest BCUT2D eigenvalue weighted by atomic mass is 10.1. The maximum atomic E-state index is 13.0. The Kier molecular flexibility index (Phi) is 22.4. The number of carbonyl (C=O) groups is 1. The van der Waals surface area contributed by atoms with Crippen molar-refractivity contribution in [1.29, 1.82) is 0 Å². The molecular weight excluding hydrogens is 460 g/mol. The van der Waals surface area contributed by atoms with Crippen molar-refractivity contribution in [3.63, 3.8) is 0 Å². The van der Waals surface area contributed by atoms with Crippen LogP contribution in [0.3, 0.4) is 0 Å². The third-order valence-electron chi connectivity index (χ3n) is 7.32. The van der Waals surface area contributed by atoms with Crippen LogP contribution < -0.4 is 4.74 Å². The van der Waals surface area contributed by atoms with E-state index < -0.39 is 0 Å². The molecule has 1 rings (SSSR count). The van der Waals surface area contributed by atoms with Gasteiger partial charge < -0.3 is 4.74 Å². The van der Waals surface area contributed by atoms with E-state index in [1.807, 2.05) is 24.3 Å². The Morgan fingerprint density at radius 1 is 0.583 bits per heavy atom. The summed E-state index contributed by atoms with van der Waals surface area (Å²) in [4.78, 5) is 13.0. The summed E-state index contributed by atoms with van der Waals surface area (Å²) in [5.74, 6) is 4.37. The molecule has 1 aromatic carbocycles. The zero-order valence-electron chi connectivity index (χ0n) is 24.3. The van der Waals surface area contributed by atoms with E-state index in [9.17, 15) is 4.79 Å². The van der Waals surface area contributed by atoms with Crippen molar-refractivity contribution in [3.8, 4) is 5.75 Å². The molecule has 0 aliphatic carbocycles. The number of hydrogen-bond acceptors (Lipinski definition) is 2. The number of hydrogen-bond donors (Lipinski definition) is 0. The minimum Gasteiger partial charge on any atom is -0.497 e. The van der Waals surface area contributed by atoms with Crippen LogP contribution in [0.4, 0.5) is 0 Å². The molecule has 3 heteroatoms. The Labute approximate surface area is 228 Å². The molecular formula is C33H59O2S+. The Balaban J connectivity index is 2.30.